The Morgan fingerprint density at radius 2 is 1.76 bits per heavy atom. The van der Waals surface area contributed by atoms with Gasteiger partial charge in [-0.2, -0.15) is 0 Å². The Bertz CT molecular complexity index is 596. The van der Waals surface area contributed by atoms with Gasteiger partial charge in [-0.05, 0) is 43.4 Å². The van der Waals surface area contributed by atoms with Crippen molar-refractivity contribution < 1.29 is 14.3 Å². The van der Waals surface area contributed by atoms with Crippen LogP contribution in [0.15, 0.2) is 24.3 Å². The topological polar surface area (TPSA) is 61.9 Å². The van der Waals surface area contributed by atoms with Crippen LogP contribution in [0.5, 0.6) is 5.75 Å². The normalized spacial score (nSPS) is 20.4. The molecule has 0 aliphatic carbocycles. The molecule has 2 aliphatic heterocycles. The van der Waals surface area contributed by atoms with Gasteiger partial charge < -0.3 is 19.9 Å². The number of carbonyl (C=O) groups excluding carboxylic acids is 2. The van der Waals surface area contributed by atoms with Crippen LogP contribution in [0.25, 0.3) is 0 Å². The quantitative estimate of drug-likeness (QED) is 0.910. The SMILES string of the molecule is COc1ccc(CNC(=O)[C@H]2CCCN(C(=O)N3CCCC3)C2)cc1. The van der Waals surface area contributed by atoms with E-state index < -0.39 is 0 Å². The Balaban J connectivity index is 1.50. The molecule has 0 spiro atoms. The molecule has 1 aromatic rings. The second-order valence-electron chi connectivity index (χ2n) is 6.83. The van der Waals surface area contributed by atoms with Gasteiger partial charge in [0.1, 0.15) is 5.75 Å². The monoisotopic (exact) mass is 345 g/mol. The molecule has 6 nitrogen and oxygen atoms in total. The highest BCUT2D eigenvalue weighted by Crippen LogP contribution is 2.20. The third-order valence-corrected chi connectivity index (χ3v) is 5.07. The second kappa shape index (κ2) is 8.23. The van der Waals surface area contributed by atoms with Crippen LogP contribution in [0.4, 0.5) is 4.79 Å². The van der Waals surface area contributed by atoms with Crippen molar-refractivity contribution in [1.29, 1.82) is 0 Å². The van der Waals surface area contributed by atoms with Gasteiger partial charge in [-0.25, -0.2) is 4.79 Å². The number of nitrogens with zero attached hydrogens (tertiary/aromatic N) is 2. The number of amides is 3. The van der Waals surface area contributed by atoms with Crippen molar-refractivity contribution >= 4 is 11.9 Å². The van der Waals surface area contributed by atoms with Crippen LogP contribution in [-0.4, -0.2) is 55.0 Å². The second-order valence-corrected chi connectivity index (χ2v) is 6.83. The molecule has 1 atom stereocenters. The first-order valence-corrected chi connectivity index (χ1v) is 9.12. The van der Waals surface area contributed by atoms with E-state index in [2.05, 4.69) is 5.32 Å². The number of urea groups is 1. The molecule has 0 bridgehead atoms. The van der Waals surface area contributed by atoms with Gasteiger partial charge in [0.2, 0.25) is 5.91 Å². The molecular weight excluding hydrogens is 318 g/mol. The summed E-state index contributed by atoms with van der Waals surface area (Å²) in [6, 6.07) is 7.77. The zero-order chi connectivity index (χ0) is 17.6. The fraction of sp³-hybridized carbons (Fsp3) is 0.579. The zero-order valence-electron chi connectivity index (χ0n) is 14.9. The van der Waals surface area contributed by atoms with Crippen LogP contribution in [0.2, 0.25) is 0 Å². The number of carbonyl (C=O) groups is 2. The van der Waals surface area contributed by atoms with Crippen molar-refractivity contribution in [2.24, 2.45) is 5.92 Å². The number of hydrogen-bond acceptors (Lipinski definition) is 3. The van der Waals surface area contributed by atoms with Gasteiger partial charge in [0.15, 0.2) is 0 Å². The first kappa shape index (κ1) is 17.6. The summed E-state index contributed by atoms with van der Waals surface area (Å²) in [5, 5.41) is 3.00. The minimum absolute atomic E-state index is 0.0368. The summed E-state index contributed by atoms with van der Waals surface area (Å²) >= 11 is 0. The number of hydrogen-bond donors (Lipinski definition) is 1. The van der Waals surface area contributed by atoms with E-state index in [0.29, 0.717) is 13.1 Å². The Hall–Kier alpha value is -2.24. The molecule has 25 heavy (non-hydrogen) atoms. The lowest BCUT2D eigenvalue weighted by atomic mass is 9.97. The molecule has 6 heteroatoms. The summed E-state index contributed by atoms with van der Waals surface area (Å²) in [5.74, 6) is 0.728. The maximum atomic E-state index is 12.5. The fourth-order valence-electron chi connectivity index (χ4n) is 3.55. The number of benzene rings is 1. The minimum atomic E-state index is -0.112. The van der Waals surface area contributed by atoms with Gasteiger partial charge in [0.25, 0.3) is 0 Å². The minimum Gasteiger partial charge on any atom is -0.497 e. The first-order valence-electron chi connectivity index (χ1n) is 9.12. The summed E-state index contributed by atoms with van der Waals surface area (Å²) in [7, 11) is 1.63. The molecule has 2 aliphatic rings. The Kier molecular flexibility index (Phi) is 5.79. The third kappa shape index (κ3) is 4.44. The van der Waals surface area contributed by atoms with Crippen LogP contribution in [0.1, 0.15) is 31.2 Å². The molecule has 2 heterocycles. The molecule has 3 amide bonds. The largest absolute Gasteiger partial charge is 0.497 e. The van der Waals surface area contributed by atoms with Gasteiger partial charge in [-0.15, -0.1) is 0 Å². The first-order chi connectivity index (χ1) is 12.2. The van der Waals surface area contributed by atoms with Gasteiger partial charge in [0.05, 0.1) is 13.0 Å². The van der Waals surface area contributed by atoms with Crippen LogP contribution in [0.3, 0.4) is 0 Å². The molecule has 1 N–H and O–H groups in total. The summed E-state index contributed by atoms with van der Waals surface area (Å²) in [4.78, 5) is 28.8. The number of likely N-dealkylation sites (tertiary alicyclic amines) is 2. The van der Waals surface area contributed by atoms with Crippen molar-refractivity contribution in [3.8, 4) is 5.75 Å². The average molecular weight is 345 g/mol. The highest BCUT2D eigenvalue weighted by molar-refractivity contribution is 5.81. The van der Waals surface area contributed by atoms with Crippen molar-refractivity contribution in [3.63, 3.8) is 0 Å². The molecule has 0 saturated carbocycles. The summed E-state index contributed by atoms with van der Waals surface area (Å²) in [6.07, 6.45) is 3.91. The number of rotatable bonds is 4. The Labute approximate surface area is 149 Å². The summed E-state index contributed by atoms with van der Waals surface area (Å²) in [5.41, 5.74) is 1.04. The van der Waals surface area contributed by atoms with Crippen molar-refractivity contribution in [2.75, 3.05) is 33.3 Å². The Morgan fingerprint density at radius 1 is 1.08 bits per heavy atom. The zero-order valence-corrected chi connectivity index (χ0v) is 14.9. The standard InChI is InChI=1S/C19H27N3O3/c1-25-17-8-6-15(7-9-17)13-20-18(23)16-5-4-12-22(14-16)19(24)21-10-2-3-11-21/h6-9,16H,2-5,10-14H2,1H3,(H,20,23)/t16-/m0/s1. The lowest BCUT2D eigenvalue weighted by Crippen LogP contribution is -2.49. The summed E-state index contributed by atoms with van der Waals surface area (Å²) in [6.45, 7) is 3.49. The average Bonchev–Trinajstić information content (AvgIpc) is 3.20. The van der Waals surface area contributed by atoms with Crippen molar-refractivity contribution in [3.05, 3.63) is 29.8 Å². The number of piperidine rings is 1. The van der Waals surface area contributed by atoms with Crippen LogP contribution in [0, 0.1) is 5.92 Å². The number of ether oxygens (including phenoxy) is 1. The molecular formula is C19H27N3O3. The van der Waals surface area contributed by atoms with Crippen molar-refractivity contribution in [1.82, 2.24) is 15.1 Å². The molecule has 0 aromatic heterocycles. The molecule has 3 rings (SSSR count). The molecule has 136 valence electrons. The van der Waals surface area contributed by atoms with E-state index in [1.54, 1.807) is 7.11 Å². The molecule has 2 saturated heterocycles. The van der Waals surface area contributed by atoms with E-state index in [9.17, 15) is 9.59 Å². The maximum Gasteiger partial charge on any atom is 0.320 e. The summed E-state index contributed by atoms with van der Waals surface area (Å²) < 4.78 is 5.14. The van der Waals surface area contributed by atoms with Gasteiger partial charge in [-0.3, -0.25) is 4.79 Å². The van der Waals surface area contributed by atoms with E-state index in [-0.39, 0.29) is 17.9 Å². The lowest BCUT2D eigenvalue weighted by Gasteiger charge is -2.34. The van der Waals surface area contributed by atoms with Crippen molar-refractivity contribution in [2.45, 2.75) is 32.2 Å². The number of methoxy groups -OCH3 is 1. The molecule has 2 fully saturated rings. The van der Waals surface area contributed by atoms with Gasteiger partial charge >= 0.3 is 6.03 Å². The predicted molar refractivity (Wildman–Crippen MR) is 95.3 cm³/mol. The third-order valence-electron chi connectivity index (χ3n) is 5.07. The van der Waals surface area contributed by atoms with E-state index >= 15 is 0 Å². The van der Waals surface area contributed by atoms with Gasteiger partial charge in [0, 0.05) is 32.7 Å². The molecule has 1 aromatic carbocycles. The van der Waals surface area contributed by atoms with E-state index in [4.69, 9.17) is 4.74 Å². The smallest absolute Gasteiger partial charge is 0.320 e. The lowest BCUT2D eigenvalue weighted by molar-refractivity contribution is -0.126. The number of nitrogens with one attached hydrogen (secondary N) is 1. The Morgan fingerprint density at radius 3 is 2.44 bits per heavy atom. The van der Waals surface area contributed by atoms with E-state index in [0.717, 1.165) is 56.6 Å². The van der Waals surface area contributed by atoms with Gasteiger partial charge in [-0.1, -0.05) is 12.1 Å². The van der Waals surface area contributed by atoms with Crippen LogP contribution in [-0.2, 0) is 11.3 Å². The highest BCUT2D eigenvalue weighted by Gasteiger charge is 2.31. The fourth-order valence-corrected chi connectivity index (χ4v) is 3.55. The van der Waals surface area contributed by atoms with Crippen LogP contribution < -0.4 is 10.1 Å². The van der Waals surface area contributed by atoms with Crippen LogP contribution >= 0.6 is 0 Å². The maximum absolute atomic E-state index is 12.5. The molecule has 0 unspecified atom stereocenters. The van der Waals surface area contributed by atoms with E-state index in [1.165, 1.54) is 0 Å². The molecule has 0 radical (unpaired) electrons. The highest BCUT2D eigenvalue weighted by atomic mass is 16.5. The predicted octanol–water partition coefficient (Wildman–Crippen LogP) is 2.24. The van der Waals surface area contributed by atoms with E-state index in [1.807, 2.05) is 34.1 Å².